The van der Waals surface area contributed by atoms with Crippen molar-refractivity contribution in [3.05, 3.63) is 66.5 Å². The van der Waals surface area contributed by atoms with Gasteiger partial charge < -0.3 is 19.8 Å². The van der Waals surface area contributed by atoms with Gasteiger partial charge in [0.25, 0.3) is 0 Å². The Kier molecular flexibility index (Phi) is 4.63. The Labute approximate surface area is 179 Å². The van der Waals surface area contributed by atoms with Crippen LogP contribution in [0.5, 0.6) is 11.5 Å². The fourth-order valence-corrected chi connectivity index (χ4v) is 3.72. The van der Waals surface area contributed by atoms with Crippen LogP contribution in [0, 0.1) is 6.92 Å². The van der Waals surface area contributed by atoms with Gasteiger partial charge in [0.2, 0.25) is 0 Å². The second kappa shape index (κ2) is 7.60. The maximum Gasteiger partial charge on any atom is 0.148 e. The molecule has 3 aromatic carbocycles. The van der Waals surface area contributed by atoms with Crippen molar-refractivity contribution >= 4 is 33.4 Å². The lowest BCUT2D eigenvalue weighted by Gasteiger charge is -2.14. The van der Waals surface area contributed by atoms with Crippen LogP contribution < -0.4 is 14.8 Å². The van der Waals surface area contributed by atoms with Gasteiger partial charge >= 0.3 is 0 Å². The summed E-state index contributed by atoms with van der Waals surface area (Å²) in [4.78, 5) is 17.0. The van der Waals surface area contributed by atoms with E-state index in [9.17, 15) is 0 Å². The van der Waals surface area contributed by atoms with Gasteiger partial charge in [-0.3, -0.25) is 0 Å². The molecule has 0 saturated heterocycles. The molecule has 2 heterocycles. The second-order valence-corrected chi connectivity index (χ2v) is 7.15. The minimum Gasteiger partial charge on any atom is -0.497 e. The minimum absolute atomic E-state index is 0.632. The van der Waals surface area contributed by atoms with E-state index < -0.39 is 0 Å². The van der Waals surface area contributed by atoms with Crippen molar-refractivity contribution in [2.75, 3.05) is 19.5 Å². The molecule has 0 bridgehead atoms. The number of hydrogen-bond donors (Lipinski definition) is 2. The van der Waals surface area contributed by atoms with E-state index in [1.807, 2.05) is 48.5 Å². The predicted octanol–water partition coefficient (Wildman–Crippen LogP) is 5.24. The maximum atomic E-state index is 5.49. The zero-order valence-electron chi connectivity index (χ0n) is 17.4. The number of aromatic nitrogens is 4. The van der Waals surface area contributed by atoms with Gasteiger partial charge in [0.15, 0.2) is 0 Å². The van der Waals surface area contributed by atoms with E-state index in [2.05, 4.69) is 33.3 Å². The van der Waals surface area contributed by atoms with Gasteiger partial charge in [-0.2, -0.15) is 0 Å². The molecule has 0 aliphatic rings. The molecule has 0 aliphatic carbocycles. The molecule has 0 saturated carbocycles. The highest BCUT2D eigenvalue weighted by molar-refractivity contribution is 5.96. The predicted molar refractivity (Wildman–Crippen MR) is 122 cm³/mol. The highest BCUT2D eigenvalue weighted by Gasteiger charge is 2.14. The Morgan fingerprint density at radius 2 is 1.81 bits per heavy atom. The molecule has 31 heavy (non-hydrogen) atoms. The van der Waals surface area contributed by atoms with E-state index in [-0.39, 0.29) is 0 Å². The van der Waals surface area contributed by atoms with Gasteiger partial charge in [-0.1, -0.05) is 24.3 Å². The van der Waals surface area contributed by atoms with Crippen LogP contribution in [-0.4, -0.2) is 34.2 Å². The molecule has 5 rings (SSSR count). The number of nitrogens with one attached hydrogen (secondary N) is 2. The number of nitrogens with zero attached hydrogens (tertiary/aromatic N) is 3. The van der Waals surface area contributed by atoms with Crippen LogP contribution in [0.1, 0.15) is 5.56 Å². The minimum atomic E-state index is 0.632. The van der Waals surface area contributed by atoms with E-state index >= 15 is 0 Å². The Balaban J connectivity index is 1.59. The van der Waals surface area contributed by atoms with E-state index in [0.29, 0.717) is 22.8 Å². The molecule has 0 radical (unpaired) electrons. The summed E-state index contributed by atoms with van der Waals surface area (Å²) in [5.74, 6) is 2.81. The quantitative estimate of drug-likeness (QED) is 0.411. The monoisotopic (exact) mass is 411 g/mol. The van der Waals surface area contributed by atoms with E-state index in [0.717, 1.165) is 39.1 Å². The number of methoxy groups -OCH3 is 2. The van der Waals surface area contributed by atoms with Gasteiger partial charge in [0, 0.05) is 17.3 Å². The summed E-state index contributed by atoms with van der Waals surface area (Å²) in [6.45, 7) is 2.06. The van der Waals surface area contributed by atoms with Crippen LogP contribution >= 0.6 is 0 Å². The van der Waals surface area contributed by atoms with Crippen molar-refractivity contribution in [2.24, 2.45) is 0 Å². The third-order valence-corrected chi connectivity index (χ3v) is 5.36. The van der Waals surface area contributed by atoms with Crippen LogP contribution in [0.3, 0.4) is 0 Å². The Hall–Kier alpha value is -4.13. The van der Waals surface area contributed by atoms with E-state index in [1.54, 1.807) is 14.2 Å². The number of rotatable bonds is 5. The Morgan fingerprint density at radius 1 is 0.935 bits per heavy atom. The first-order valence-corrected chi connectivity index (χ1v) is 9.86. The highest BCUT2D eigenvalue weighted by Crippen LogP contribution is 2.35. The zero-order chi connectivity index (χ0) is 21.4. The Bertz CT molecular complexity index is 1380. The number of fused-ring (bicyclic) bond motifs is 2. The molecule has 7 heteroatoms. The van der Waals surface area contributed by atoms with Crippen molar-refractivity contribution in [3.63, 3.8) is 0 Å². The average Bonchev–Trinajstić information content (AvgIpc) is 3.24. The number of imidazole rings is 1. The van der Waals surface area contributed by atoms with Gasteiger partial charge in [0.1, 0.15) is 35.0 Å². The van der Waals surface area contributed by atoms with Crippen molar-refractivity contribution < 1.29 is 9.47 Å². The number of anilines is 2. The number of hydrogen-bond acceptors (Lipinski definition) is 6. The average molecular weight is 411 g/mol. The number of ether oxygens (including phenoxy) is 2. The first-order chi connectivity index (χ1) is 15.2. The summed E-state index contributed by atoms with van der Waals surface area (Å²) >= 11 is 0. The van der Waals surface area contributed by atoms with Gasteiger partial charge in [-0.15, -0.1) is 0 Å². The molecule has 0 amide bonds. The van der Waals surface area contributed by atoms with Gasteiger partial charge in [-0.05, 0) is 36.8 Å². The molecule has 7 nitrogen and oxygen atoms in total. The Morgan fingerprint density at radius 3 is 2.61 bits per heavy atom. The third kappa shape index (κ3) is 3.30. The SMILES string of the molecule is COc1cc(OC)c2ncnc(Nc3cccc(-c4nc5ccccc5[nH]4)c3C)c2c1. The molecular formula is C24H21N5O2. The van der Waals surface area contributed by atoms with Crippen molar-refractivity contribution in [1.82, 2.24) is 19.9 Å². The maximum absolute atomic E-state index is 5.49. The van der Waals surface area contributed by atoms with E-state index in [4.69, 9.17) is 14.5 Å². The van der Waals surface area contributed by atoms with Crippen molar-refractivity contribution in [2.45, 2.75) is 6.92 Å². The molecule has 2 N–H and O–H groups in total. The lowest BCUT2D eigenvalue weighted by molar-refractivity contribution is 0.397. The summed E-state index contributed by atoms with van der Waals surface area (Å²) in [5.41, 5.74) is 5.68. The number of aromatic amines is 1. The van der Waals surface area contributed by atoms with Crippen LogP contribution in [0.15, 0.2) is 60.9 Å². The molecule has 0 spiro atoms. The fourth-order valence-electron chi connectivity index (χ4n) is 3.72. The number of H-pyrrole nitrogens is 1. The molecule has 0 atom stereocenters. The first kappa shape index (κ1) is 18.9. The van der Waals surface area contributed by atoms with Gasteiger partial charge in [-0.25, -0.2) is 15.0 Å². The lowest BCUT2D eigenvalue weighted by Crippen LogP contribution is -2.00. The van der Waals surface area contributed by atoms with Crippen LogP contribution in [0.25, 0.3) is 33.3 Å². The highest BCUT2D eigenvalue weighted by atomic mass is 16.5. The summed E-state index contributed by atoms with van der Waals surface area (Å²) in [6.07, 6.45) is 1.53. The summed E-state index contributed by atoms with van der Waals surface area (Å²) in [6, 6.07) is 17.8. The molecule has 0 fully saturated rings. The first-order valence-electron chi connectivity index (χ1n) is 9.86. The van der Waals surface area contributed by atoms with Crippen molar-refractivity contribution in [3.8, 4) is 22.9 Å². The smallest absolute Gasteiger partial charge is 0.148 e. The van der Waals surface area contributed by atoms with E-state index in [1.165, 1.54) is 6.33 Å². The normalized spacial score (nSPS) is 11.1. The van der Waals surface area contributed by atoms with Gasteiger partial charge in [0.05, 0.1) is 30.6 Å². The molecule has 0 unspecified atom stereocenters. The number of benzene rings is 3. The second-order valence-electron chi connectivity index (χ2n) is 7.15. The van der Waals surface area contributed by atoms with Crippen molar-refractivity contribution in [1.29, 1.82) is 0 Å². The topological polar surface area (TPSA) is 84.9 Å². The summed E-state index contributed by atoms with van der Waals surface area (Å²) < 4.78 is 10.9. The van der Waals surface area contributed by atoms with Crippen LogP contribution in [0.2, 0.25) is 0 Å². The van der Waals surface area contributed by atoms with Crippen LogP contribution in [0.4, 0.5) is 11.5 Å². The number of para-hydroxylation sites is 2. The third-order valence-electron chi connectivity index (χ3n) is 5.36. The standard InChI is InChI=1S/C24H21N5O2/c1-14-16(24-28-19-8-4-5-9-20(19)29-24)7-6-10-18(14)27-23-17-11-15(30-2)12-21(31-3)22(17)25-13-26-23/h4-13H,1-3H3,(H,28,29)(H,25,26,27). The summed E-state index contributed by atoms with van der Waals surface area (Å²) in [7, 11) is 3.24. The zero-order valence-corrected chi connectivity index (χ0v) is 17.4. The summed E-state index contributed by atoms with van der Waals surface area (Å²) in [5, 5.41) is 4.27. The fraction of sp³-hybridized carbons (Fsp3) is 0.125. The molecule has 2 aromatic heterocycles. The lowest BCUT2D eigenvalue weighted by atomic mass is 10.1. The molecular weight excluding hydrogens is 390 g/mol. The molecule has 154 valence electrons. The molecule has 0 aliphatic heterocycles. The molecule has 5 aromatic rings. The largest absolute Gasteiger partial charge is 0.497 e. The van der Waals surface area contributed by atoms with Crippen LogP contribution in [-0.2, 0) is 0 Å².